The summed E-state index contributed by atoms with van der Waals surface area (Å²) in [7, 11) is 0. The highest BCUT2D eigenvalue weighted by Gasteiger charge is 2.02. The molecule has 3 aromatic rings. The number of benzene rings is 2. The van der Waals surface area contributed by atoms with Crippen molar-refractivity contribution in [2.75, 3.05) is 5.32 Å². The molecule has 126 valence electrons. The molecule has 2 aromatic carbocycles. The molecule has 0 fully saturated rings. The first-order valence-corrected chi connectivity index (χ1v) is 9.05. The summed E-state index contributed by atoms with van der Waals surface area (Å²) in [6.07, 6.45) is 2.00. The number of carbonyl (C=O) groups is 1. The van der Waals surface area contributed by atoms with Crippen LogP contribution in [0.15, 0.2) is 71.2 Å². The topological polar surface area (TPSA) is 46.4 Å². The summed E-state index contributed by atoms with van der Waals surface area (Å²) in [5, 5.41) is 5.47. The largest absolute Gasteiger partial charge is 0.331 e. The number of ketones is 1. The summed E-state index contributed by atoms with van der Waals surface area (Å²) in [5.74, 6) is 0.0411. The first kappa shape index (κ1) is 17.3. The van der Waals surface area contributed by atoms with E-state index >= 15 is 0 Å². The molecular weight excluding hydrogens is 350 g/mol. The number of rotatable bonds is 4. The molecule has 4 nitrogen and oxygen atoms in total. The van der Waals surface area contributed by atoms with Crippen LogP contribution >= 0.6 is 23.6 Å². The van der Waals surface area contributed by atoms with Crippen LogP contribution in [0, 0.1) is 0 Å². The maximum absolute atomic E-state index is 11.3. The third kappa shape index (κ3) is 4.71. The molecule has 0 aliphatic heterocycles. The van der Waals surface area contributed by atoms with Crippen molar-refractivity contribution in [3.05, 3.63) is 82.1 Å². The van der Waals surface area contributed by atoms with Crippen LogP contribution in [-0.2, 0) is 6.54 Å². The molecule has 3 rings (SSSR count). The number of hydrogen-bond acceptors (Lipinski definition) is 3. The maximum Gasteiger partial charge on any atom is 0.199 e. The summed E-state index contributed by atoms with van der Waals surface area (Å²) in [6, 6.07) is 17.4. The van der Waals surface area contributed by atoms with Crippen LogP contribution in [0.3, 0.4) is 0 Å². The van der Waals surface area contributed by atoms with Gasteiger partial charge in [-0.05, 0) is 49.0 Å². The Morgan fingerprint density at radius 2 is 1.88 bits per heavy atom. The van der Waals surface area contributed by atoms with Crippen LogP contribution in [-0.4, -0.2) is 15.5 Å². The van der Waals surface area contributed by atoms with Gasteiger partial charge in [0.05, 0.1) is 0 Å². The van der Waals surface area contributed by atoms with Crippen LogP contribution in [0.1, 0.15) is 22.8 Å². The third-order valence-electron chi connectivity index (χ3n) is 3.60. The number of thiazole rings is 1. The lowest BCUT2D eigenvalue weighted by atomic mass is 10.1. The fraction of sp³-hybridized carbons (Fsp3) is 0.105. The molecule has 0 unspecified atom stereocenters. The molecule has 1 heterocycles. The number of nitrogens with one attached hydrogen (secondary N) is 1. The molecule has 25 heavy (non-hydrogen) atoms. The van der Waals surface area contributed by atoms with Gasteiger partial charge in [0.15, 0.2) is 15.7 Å². The Hall–Kier alpha value is -2.57. The van der Waals surface area contributed by atoms with E-state index in [1.54, 1.807) is 19.1 Å². The summed E-state index contributed by atoms with van der Waals surface area (Å²) >= 11 is 6.88. The fourth-order valence-corrected chi connectivity index (χ4v) is 3.31. The van der Waals surface area contributed by atoms with Crippen molar-refractivity contribution >= 4 is 40.1 Å². The predicted octanol–water partition coefficient (Wildman–Crippen LogP) is 4.10. The number of carbonyl (C=O) groups excluding carboxylic acids is 1. The van der Waals surface area contributed by atoms with Crippen molar-refractivity contribution in [3.8, 4) is 0 Å². The highest BCUT2D eigenvalue weighted by Crippen LogP contribution is 2.10. The van der Waals surface area contributed by atoms with Gasteiger partial charge in [-0.3, -0.25) is 4.79 Å². The molecule has 0 aliphatic rings. The van der Waals surface area contributed by atoms with E-state index < -0.39 is 0 Å². The van der Waals surface area contributed by atoms with Gasteiger partial charge in [0.1, 0.15) is 0 Å². The lowest BCUT2D eigenvalue weighted by Gasteiger charge is -2.05. The molecular formula is C19H17N3OS2. The van der Waals surface area contributed by atoms with Gasteiger partial charge in [0.25, 0.3) is 0 Å². The highest BCUT2D eigenvalue weighted by atomic mass is 32.1. The van der Waals surface area contributed by atoms with Crippen LogP contribution in [0.5, 0.6) is 0 Å². The molecule has 0 bridgehead atoms. The summed E-state index contributed by atoms with van der Waals surface area (Å²) < 4.78 is 2.06. The maximum atomic E-state index is 11.3. The highest BCUT2D eigenvalue weighted by molar-refractivity contribution is 7.80. The number of thiocarbonyl (C=S) groups is 1. The summed E-state index contributed by atoms with van der Waals surface area (Å²) in [6.45, 7) is 2.30. The Bertz CT molecular complexity index is 941. The zero-order chi connectivity index (χ0) is 17.6. The SMILES string of the molecule is CC(=O)c1ccc(NC(=S)/N=c2\sccn2Cc2ccccc2)cc1. The summed E-state index contributed by atoms with van der Waals surface area (Å²) in [4.78, 5) is 16.6. The lowest BCUT2D eigenvalue weighted by molar-refractivity contribution is 0.101. The zero-order valence-corrected chi connectivity index (χ0v) is 15.3. The molecule has 0 atom stereocenters. The van der Waals surface area contributed by atoms with Crippen LogP contribution in [0.2, 0.25) is 0 Å². The van der Waals surface area contributed by atoms with Gasteiger partial charge in [0, 0.05) is 29.4 Å². The van der Waals surface area contributed by atoms with E-state index in [4.69, 9.17) is 12.2 Å². The quantitative estimate of drug-likeness (QED) is 0.558. The monoisotopic (exact) mass is 367 g/mol. The minimum atomic E-state index is 0.0411. The molecule has 0 spiro atoms. The van der Waals surface area contributed by atoms with Crippen molar-refractivity contribution < 1.29 is 4.79 Å². The molecule has 0 saturated heterocycles. The van der Waals surface area contributed by atoms with E-state index in [0.717, 1.165) is 17.0 Å². The molecule has 1 aromatic heterocycles. The molecule has 0 aliphatic carbocycles. The Labute approximate surface area is 155 Å². The van der Waals surface area contributed by atoms with Crippen molar-refractivity contribution in [1.82, 2.24) is 4.57 Å². The van der Waals surface area contributed by atoms with Crippen LogP contribution < -0.4 is 10.1 Å². The lowest BCUT2D eigenvalue weighted by Crippen LogP contribution is -2.19. The standard InChI is InChI=1S/C19H17N3OS2/c1-14(23)16-7-9-17(10-8-16)20-18(24)21-19-22(11-12-25-19)13-15-5-3-2-4-6-15/h2-12H,13H2,1H3,(H,20,24)/b21-19-. The number of Topliss-reactive ketones (excluding diaryl/α,β-unsaturated/α-hetero) is 1. The first-order valence-electron chi connectivity index (χ1n) is 7.76. The summed E-state index contributed by atoms with van der Waals surface area (Å²) in [5.41, 5.74) is 2.69. The van der Waals surface area contributed by atoms with Gasteiger partial charge in [-0.25, -0.2) is 0 Å². The minimum absolute atomic E-state index is 0.0411. The van der Waals surface area contributed by atoms with Crippen molar-refractivity contribution in [2.45, 2.75) is 13.5 Å². The number of nitrogens with zero attached hydrogens (tertiary/aromatic N) is 2. The Kier molecular flexibility index (Phi) is 5.53. The molecule has 0 saturated carbocycles. The van der Waals surface area contributed by atoms with E-state index in [-0.39, 0.29) is 5.78 Å². The third-order valence-corrected chi connectivity index (χ3v) is 4.58. The fourth-order valence-electron chi connectivity index (χ4n) is 2.31. The second kappa shape index (κ2) is 8.00. The van der Waals surface area contributed by atoms with Crippen molar-refractivity contribution in [2.24, 2.45) is 4.99 Å². The van der Waals surface area contributed by atoms with Gasteiger partial charge in [-0.1, -0.05) is 30.3 Å². The molecule has 1 N–H and O–H groups in total. The van der Waals surface area contributed by atoms with E-state index in [2.05, 4.69) is 27.0 Å². The van der Waals surface area contributed by atoms with E-state index in [1.165, 1.54) is 16.9 Å². The van der Waals surface area contributed by atoms with E-state index in [9.17, 15) is 4.79 Å². The Balaban J connectivity index is 1.73. The second-order valence-corrected chi connectivity index (χ2v) is 6.73. The first-order chi connectivity index (χ1) is 12.1. The molecule has 0 radical (unpaired) electrons. The van der Waals surface area contributed by atoms with Gasteiger partial charge in [-0.2, -0.15) is 4.99 Å². The Morgan fingerprint density at radius 1 is 1.16 bits per heavy atom. The smallest absolute Gasteiger partial charge is 0.199 e. The number of hydrogen-bond donors (Lipinski definition) is 1. The minimum Gasteiger partial charge on any atom is -0.331 e. The van der Waals surface area contributed by atoms with Crippen molar-refractivity contribution in [1.29, 1.82) is 0 Å². The van der Waals surface area contributed by atoms with Gasteiger partial charge in [0.2, 0.25) is 0 Å². The average molecular weight is 367 g/mol. The molecule has 6 heteroatoms. The van der Waals surface area contributed by atoms with Gasteiger partial charge < -0.3 is 9.88 Å². The second-order valence-electron chi connectivity index (χ2n) is 5.47. The van der Waals surface area contributed by atoms with Gasteiger partial charge in [-0.15, -0.1) is 11.3 Å². The Morgan fingerprint density at radius 3 is 2.56 bits per heavy atom. The van der Waals surface area contributed by atoms with Crippen LogP contribution in [0.25, 0.3) is 0 Å². The van der Waals surface area contributed by atoms with Gasteiger partial charge >= 0.3 is 0 Å². The van der Waals surface area contributed by atoms with Crippen molar-refractivity contribution in [3.63, 3.8) is 0 Å². The average Bonchev–Trinajstić information content (AvgIpc) is 3.03. The normalized spacial score (nSPS) is 11.3. The zero-order valence-electron chi connectivity index (χ0n) is 13.7. The predicted molar refractivity (Wildman–Crippen MR) is 106 cm³/mol. The number of aromatic nitrogens is 1. The van der Waals surface area contributed by atoms with E-state index in [1.807, 2.05) is 41.9 Å². The molecule has 0 amide bonds. The van der Waals surface area contributed by atoms with E-state index in [0.29, 0.717) is 10.7 Å². The number of anilines is 1. The van der Waals surface area contributed by atoms with Crippen LogP contribution in [0.4, 0.5) is 5.69 Å².